The van der Waals surface area contributed by atoms with Crippen molar-refractivity contribution in [3.05, 3.63) is 27.6 Å². The molecular formula is C14H21ClN4OS. The second-order valence-electron chi connectivity index (χ2n) is 5.35. The summed E-state index contributed by atoms with van der Waals surface area (Å²) >= 11 is 1.44. The Morgan fingerprint density at radius 2 is 2.33 bits per heavy atom. The number of halogens is 1. The summed E-state index contributed by atoms with van der Waals surface area (Å²) in [6.07, 6.45) is 4.70. The number of hydrogen-bond acceptors (Lipinski definition) is 5. The van der Waals surface area contributed by atoms with Gasteiger partial charge in [0.15, 0.2) is 0 Å². The van der Waals surface area contributed by atoms with Crippen LogP contribution in [0.2, 0.25) is 0 Å². The first-order valence-electron chi connectivity index (χ1n) is 7.18. The van der Waals surface area contributed by atoms with E-state index in [0.29, 0.717) is 23.8 Å². The van der Waals surface area contributed by atoms with Crippen LogP contribution in [0.15, 0.2) is 16.2 Å². The molecule has 0 aromatic carbocycles. The first-order chi connectivity index (χ1) is 9.78. The number of nitrogens with two attached hydrogens (primary N) is 1. The highest BCUT2D eigenvalue weighted by molar-refractivity contribution is 7.17. The molecule has 1 atom stereocenters. The number of hydrogen-bond donors (Lipinski definition) is 2. The SMILES string of the molecule is Cl.NCCC1CCCCN1Cc1nc2ccsc2c(=O)[nH]1. The molecule has 0 radical (unpaired) electrons. The number of H-pyrrole nitrogens is 1. The van der Waals surface area contributed by atoms with E-state index < -0.39 is 0 Å². The zero-order chi connectivity index (χ0) is 13.9. The smallest absolute Gasteiger partial charge is 0.268 e. The van der Waals surface area contributed by atoms with Crippen LogP contribution in [0, 0.1) is 0 Å². The zero-order valence-corrected chi connectivity index (χ0v) is 13.5. The zero-order valence-electron chi connectivity index (χ0n) is 11.9. The van der Waals surface area contributed by atoms with Crippen molar-refractivity contribution in [3.63, 3.8) is 0 Å². The Kier molecular flexibility index (Phi) is 5.75. The second-order valence-corrected chi connectivity index (χ2v) is 6.26. The Balaban J connectivity index is 0.00000161. The number of piperidine rings is 1. The molecule has 2 aromatic heterocycles. The summed E-state index contributed by atoms with van der Waals surface area (Å²) < 4.78 is 0.714. The van der Waals surface area contributed by atoms with E-state index in [1.165, 1.54) is 30.6 Å². The lowest BCUT2D eigenvalue weighted by Gasteiger charge is -2.35. The van der Waals surface area contributed by atoms with Crippen LogP contribution in [0.5, 0.6) is 0 Å². The summed E-state index contributed by atoms with van der Waals surface area (Å²) in [5.74, 6) is 0.768. The number of thiophene rings is 1. The fraction of sp³-hybridized carbons (Fsp3) is 0.571. The molecule has 0 bridgehead atoms. The average Bonchev–Trinajstić information content (AvgIpc) is 2.90. The highest BCUT2D eigenvalue weighted by Crippen LogP contribution is 2.21. The van der Waals surface area contributed by atoms with Crippen LogP contribution in [-0.4, -0.2) is 34.0 Å². The second kappa shape index (κ2) is 7.35. The fourth-order valence-electron chi connectivity index (χ4n) is 2.98. The van der Waals surface area contributed by atoms with Crippen LogP contribution < -0.4 is 11.3 Å². The van der Waals surface area contributed by atoms with Crippen molar-refractivity contribution in [2.75, 3.05) is 13.1 Å². The van der Waals surface area contributed by atoms with Crippen molar-refractivity contribution in [1.29, 1.82) is 0 Å². The van der Waals surface area contributed by atoms with Gasteiger partial charge in [-0.2, -0.15) is 0 Å². The van der Waals surface area contributed by atoms with Gasteiger partial charge in [-0.05, 0) is 43.8 Å². The molecule has 1 aliphatic rings. The highest BCUT2D eigenvalue weighted by atomic mass is 35.5. The number of nitrogens with one attached hydrogen (secondary N) is 1. The van der Waals surface area contributed by atoms with E-state index in [9.17, 15) is 4.79 Å². The Hall–Kier alpha value is -0.950. The van der Waals surface area contributed by atoms with Crippen molar-refractivity contribution in [3.8, 4) is 0 Å². The van der Waals surface area contributed by atoms with E-state index in [-0.39, 0.29) is 18.0 Å². The highest BCUT2D eigenvalue weighted by Gasteiger charge is 2.22. The van der Waals surface area contributed by atoms with Crippen molar-refractivity contribution in [2.45, 2.75) is 38.3 Å². The van der Waals surface area contributed by atoms with Gasteiger partial charge in [-0.1, -0.05) is 6.42 Å². The van der Waals surface area contributed by atoms with Gasteiger partial charge in [0.1, 0.15) is 10.5 Å². The Bertz CT molecular complexity index is 639. The molecular weight excluding hydrogens is 308 g/mol. The third kappa shape index (κ3) is 3.63. The molecule has 3 N–H and O–H groups in total. The van der Waals surface area contributed by atoms with Crippen molar-refractivity contribution in [2.24, 2.45) is 5.73 Å². The van der Waals surface area contributed by atoms with Gasteiger partial charge in [-0.25, -0.2) is 4.98 Å². The molecule has 1 unspecified atom stereocenters. The molecule has 7 heteroatoms. The maximum absolute atomic E-state index is 12.0. The third-order valence-electron chi connectivity index (χ3n) is 3.97. The molecule has 21 heavy (non-hydrogen) atoms. The van der Waals surface area contributed by atoms with E-state index in [4.69, 9.17) is 5.73 Å². The summed E-state index contributed by atoms with van der Waals surface area (Å²) in [7, 11) is 0. The monoisotopic (exact) mass is 328 g/mol. The molecule has 0 aliphatic carbocycles. The number of aromatic amines is 1. The summed E-state index contributed by atoms with van der Waals surface area (Å²) in [5.41, 5.74) is 6.49. The molecule has 0 spiro atoms. The van der Waals surface area contributed by atoms with Gasteiger partial charge in [0.2, 0.25) is 0 Å². The van der Waals surface area contributed by atoms with Crippen molar-refractivity contribution >= 4 is 34.0 Å². The number of rotatable bonds is 4. The van der Waals surface area contributed by atoms with Gasteiger partial charge in [-0.3, -0.25) is 9.69 Å². The van der Waals surface area contributed by atoms with E-state index in [0.717, 1.165) is 24.3 Å². The molecule has 1 saturated heterocycles. The molecule has 0 amide bonds. The largest absolute Gasteiger partial charge is 0.330 e. The van der Waals surface area contributed by atoms with Crippen molar-refractivity contribution in [1.82, 2.24) is 14.9 Å². The van der Waals surface area contributed by atoms with Crippen LogP contribution in [0.4, 0.5) is 0 Å². The lowest BCUT2D eigenvalue weighted by atomic mass is 9.99. The summed E-state index contributed by atoms with van der Waals surface area (Å²) in [6.45, 7) is 2.50. The van der Waals surface area contributed by atoms with Gasteiger partial charge in [-0.15, -0.1) is 23.7 Å². The Labute approximate surface area is 134 Å². The minimum Gasteiger partial charge on any atom is -0.330 e. The van der Waals surface area contributed by atoms with E-state index >= 15 is 0 Å². The number of aromatic nitrogens is 2. The first-order valence-corrected chi connectivity index (χ1v) is 8.06. The van der Waals surface area contributed by atoms with Crippen LogP contribution in [0.3, 0.4) is 0 Å². The number of fused-ring (bicyclic) bond motifs is 1. The molecule has 3 rings (SSSR count). The van der Waals surface area contributed by atoms with Gasteiger partial charge in [0.25, 0.3) is 5.56 Å². The summed E-state index contributed by atoms with van der Waals surface area (Å²) in [6, 6.07) is 2.43. The van der Waals surface area contributed by atoms with Crippen LogP contribution in [0.1, 0.15) is 31.5 Å². The molecule has 1 aliphatic heterocycles. The van der Waals surface area contributed by atoms with Crippen molar-refractivity contribution < 1.29 is 0 Å². The van der Waals surface area contributed by atoms with E-state index in [1.54, 1.807) is 0 Å². The fourth-order valence-corrected chi connectivity index (χ4v) is 3.70. The standard InChI is InChI=1S/C14H20N4OS.ClH/c15-6-4-10-3-1-2-7-18(10)9-12-16-11-5-8-20-13(11)14(19)17-12;/h5,8,10H,1-4,6-7,9,15H2,(H,16,17,19);1H. The topological polar surface area (TPSA) is 75.0 Å². The summed E-state index contributed by atoms with van der Waals surface area (Å²) in [5, 5.41) is 1.91. The minimum absolute atomic E-state index is 0. The average molecular weight is 329 g/mol. The Morgan fingerprint density at radius 3 is 3.14 bits per heavy atom. The first kappa shape index (κ1) is 16.4. The van der Waals surface area contributed by atoms with E-state index in [1.807, 2.05) is 11.4 Å². The predicted molar refractivity (Wildman–Crippen MR) is 89.2 cm³/mol. The molecule has 5 nitrogen and oxygen atoms in total. The molecule has 2 aromatic rings. The molecule has 3 heterocycles. The van der Waals surface area contributed by atoms with Gasteiger partial charge in [0, 0.05) is 6.04 Å². The van der Waals surface area contributed by atoms with Gasteiger partial charge in [0.05, 0.1) is 12.1 Å². The third-order valence-corrected chi connectivity index (χ3v) is 4.87. The molecule has 0 saturated carbocycles. The number of nitrogens with zero attached hydrogens (tertiary/aromatic N) is 2. The lowest BCUT2D eigenvalue weighted by molar-refractivity contribution is 0.130. The molecule has 116 valence electrons. The lowest BCUT2D eigenvalue weighted by Crippen LogP contribution is -2.40. The normalized spacial score (nSPS) is 19.6. The Morgan fingerprint density at radius 1 is 1.48 bits per heavy atom. The van der Waals surface area contributed by atoms with Gasteiger partial charge >= 0.3 is 0 Å². The minimum atomic E-state index is -0.0209. The van der Waals surface area contributed by atoms with Crippen LogP contribution in [0.25, 0.3) is 10.2 Å². The van der Waals surface area contributed by atoms with Crippen LogP contribution in [-0.2, 0) is 6.54 Å². The number of likely N-dealkylation sites (tertiary alicyclic amines) is 1. The predicted octanol–water partition coefficient (Wildman–Crippen LogP) is 2.11. The van der Waals surface area contributed by atoms with Gasteiger partial charge < -0.3 is 10.7 Å². The summed E-state index contributed by atoms with van der Waals surface area (Å²) in [4.78, 5) is 21.9. The van der Waals surface area contributed by atoms with E-state index in [2.05, 4.69) is 14.9 Å². The quantitative estimate of drug-likeness (QED) is 0.901. The maximum Gasteiger partial charge on any atom is 0.268 e. The maximum atomic E-state index is 12.0. The van der Waals surface area contributed by atoms with Crippen LogP contribution >= 0.6 is 23.7 Å². The molecule has 1 fully saturated rings.